The SMILES string of the molecule is Cc1cc(NCc2c(C)cc(C)[nH]c2=O)c(C#N)c(C)n1. The summed E-state index contributed by atoms with van der Waals surface area (Å²) >= 11 is 0. The van der Waals surface area contributed by atoms with Gasteiger partial charge in [-0.25, -0.2) is 0 Å². The first-order valence-corrected chi connectivity index (χ1v) is 6.74. The van der Waals surface area contributed by atoms with E-state index in [1.54, 1.807) is 6.92 Å². The number of H-pyrrole nitrogens is 1. The van der Waals surface area contributed by atoms with E-state index in [2.05, 4.69) is 21.4 Å². The van der Waals surface area contributed by atoms with Crippen LogP contribution < -0.4 is 10.9 Å². The predicted octanol–water partition coefficient (Wildman–Crippen LogP) is 2.49. The lowest BCUT2D eigenvalue weighted by atomic mass is 10.1. The number of aryl methyl sites for hydroxylation is 4. The molecule has 108 valence electrons. The number of rotatable bonds is 3. The van der Waals surface area contributed by atoms with Gasteiger partial charge in [0.05, 0.1) is 16.9 Å². The summed E-state index contributed by atoms with van der Waals surface area (Å²) < 4.78 is 0. The standard InChI is InChI=1S/C16H18N4O/c1-9-5-10(2)20-16(21)14(9)8-18-15-6-11(3)19-12(4)13(15)7-17/h5-6H,8H2,1-4H3,(H,18,19)(H,20,21). The molecule has 0 amide bonds. The molecule has 5 nitrogen and oxygen atoms in total. The Hall–Kier alpha value is -2.61. The number of nitrogens with one attached hydrogen (secondary N) is 2. The Morgan fingerprint density at radius 1 is 1.29 bits per heavy atom. The van der Waals surface area contributed by atoms with Gasteiger partial charge < -0.3 is 10.3 Å². The number of nitrogens with zero attached hydrogens (tertiary/aromatic N) is 2. The van der Waals surface area contributed by atoms with E-state index >= 15 is 0 Å². The van der Waals surface area contributed by atoms with Crippen molar-refractivity contribution in [3.8, 4) is 6.07 Å². The summed E-state index contributed by atoms with van der Waals surface area (Å²) in [6.45, 7) is 7.82. The van der Waals surface area contributed by atoms with E-state index in [1.165, 1.54) is 0 Å². The Kier molecular flexibility index (Phi) is 4.08. The van der Waals surface area contributed by atoms with Crippen LogP contribution in [0, 0.1) is 39.0 Å². The minimum atomic E-state index is -0.0963. The van der Waals surface area contributed by atoms with Crippen molar-refractivity contribution in [2.24, 2.45) is 0 Å². The lowest BCUT2D eigenvalue weighted by molar-refractivity contribution is 1.01. The van der Waals surface area contributed by atoms with Gasteiger partial charge in [-0.2, -0.15) is 5.26 Å². The molecule has 0 atom stereocenters. The van der Waals surface area contributed by atoms with Crippen molar-refractivity contribution in [3.63, 3.8) is 0 Å². The first-order chi connectivity index (χ1) is 9.92. The number of pyridine rings is 2. The molecular weight excluding hydrogens is 264 g/mol. The van der Waals surface area contributed by atoms with E-state index in [0.29, 0.717) is 29.1 Å². The maximum Gasteiger partial charge on any atom is 0.253 e. The minimum absolute atomic E-state index is 0.0963. The molecule has 5 heteroatoms. The highest BCUT2D eigenvalue weighted by atomic mass is 16.1. The van der Waals surface area contributed by atoms with Crippen LogP contribution in [-0.2, 0) is 6.54 Å². The van der Waals surface area contributed by atoms with Gasteiger partial charge in [0, 0.05) is 23.5 Å². The molecule has 2 aromatic rings. The first-order valence-electron chi connectivity index (χ1n) is 6.74. The molecule has 0 aliphatic heterocycles. The van der Waals surface area contributed by atoms with Crippen LogP contribution in [0.25, 0.3) is 0 Å². The molecule has 2 heterocycles. The van der Waals surface area contributed by atoms with Gasteiger partial charge in [-0.1, -0.05) is 0 Å². The Labute approximate surface area is 123 Å². The largest absolute Gasteiger partial charge is 0.380 e. The van der Waals surface area contributed by atoms with Crippen LogP contribution in [-0.4, -0.2) is 9.97 Å². The number of aromatic amines is 1. The van der Waals surface area contributed by atoms with Gasteiger partial charge in [0.25, 0.3) is 5.56 Å². The highest BCUT2D eigenvalue weighted by Crippen LogP contribution is 2.19. The molecule has 0 aliphatic carbocycles. The Balaban J connectivity index is 2.34. The van der Waals surface area contributed by atoms with E-state index in [0.717, 1.165) is 17.0 Å². The van der Waals surface area contributed by atoms with Crippen molar-refractivity contribution in [1.82, 2.24) is 9.97 Å². The van der Waals surface area contributed by atoms with Crippen LogP contribution in [0.5, 0.6) is 0 Å². The molecule has 0 spiro atoms. The van der Waals surface area contributed by atoms with Crippen LogP contribution in [0.1, 0.15) is 33.8 Å². The smallest absolute Gasteiger partial charge is 0.253 e. The maximum atomic E-state index is 12.0. The fourth-order valence-electron chi connectivity index (χ4n) is 2.39. The molecule has 0 fully saturated rings. The highest BCUT2D eigenvalue weighted by molar-refractivity contribution is 5.60. The summed E-state index contributed by atoms with van der Waals surface area (Å²) in [6.07, 6.45) is 0. The third-order valence-corrected chi connectivity index (χ3v) is 3.39. The van der Waals surface area contributed by atoms with Crippen LogP contribution in [0.2, 0.25) is 0 Å². The summed E-state index contributed by atoms with van der Waals surface area (Å²) in [5.41, 5.74) is 5.11. The zero-order valence-corrected chi connectivity index (χ0v) is 12.7. The van der Waals surface area contributed by atoms with Crippen molar-refractivity contribution in [3.05, 3.63) is 56.3 Å². The maximum absolute atomic E-state index is 12.0. The summed E-state index contributed by atoms with van der Waals surface area (Å²) in [7, 11) is 0. The molecule has 0 saturated carbocycles. The van der Waals surface area contributed by atoms with Gasteiger partial charge >= 0.3 is 0 Å². The van der Waals surface area contributed by atoms with E-state index in [1.807, 2.05) is 32.9 Å². The second-order valence-electron chi connectivity index (χ2n) is 5.18. The number of nitriles is 1. The van der Waals surface area contributed by atoms with Gasteiger partial charge in [0.2, 0.25) is 0 Å². The van der Waals surface area contributed by atoms with E-state index < -0.39 is 0 Å². The fraction of sp³-hybridized carbons (Fsp3) is 0.312. The highest BCUT2D eigenvalue weighted by Gasteiger charge is 2.10. The van der Waals surface area contributed by atoms with Gasteiger partial charge in [-0.05, 0) is 45.4 Å². The Bertz CT molecular complexity index is 784. The number of hydrogen-bond donors (Lipinski definition) is 2. The van der Waals surface area contributed by atoms with Gasteiger partial charge in [-0.15, -0.1) is 0 Å². The predicted molar refractivity (Wildman–Crippen MR) is 82.3 cm³/mol. The number of anilines is 1. The van der Waals surface area contributed by atoms with Crippen molar-refractivity contribution < 1.29 is 0 Å². The minimum Gasteiger partial charge on any atom is -0.380 e. The third-order valence-electron chi connectivity index (χ3n) is 3.39. The molecule has 0 bridgehead atoms. The topological polar surface area (TPSA) is 81.6 Å². The quantitative estimate of drug-likeness (QED) is 0.906. The Morgan fingerprint density at radius 3 is 2.62 bits per heavy atom. The molecule has 2 aromatic heterocycles. The molecule has 0 saturated heterocycles. The van der Waals surface area contributed by atoms with Crippen LogP contribution in [0.4, 0.5) is 5.69 Å². The van der Waals surface area contributed by atoms with Crippen LogP contribution in [0.3, 0.4) is 0 Å². The van der Waals surface area contributed by atoms with Gasteiger partial charge in [-0.3, -0.25) is 9.78 Å². The zero-order chi connectivity index (χ0) is 15.6. The normalized spacial score (nSPS) is 10.2. The van der Waals surface area contributed by atoms with Crippen LogP contribution in [0.15, 0.2) is 16.9 Å². The number of hydrogen-bond acceptors (Lipinski definition) is 4. The van der Waals surface area contributed by atoms with Gasteiger partial charge in [0.15, 0.2) is 0 Å². The fourth-order valence-corrected chi connectivity index (χ4v) is 2.39. The monoisotopic (exact) mass is 282 g/mol. The molecule has 0 radical (unpaired) electrons. The Morgan fingerprint density at radius 2 is 2.00 bits per heavy atom. The summed E-state index contributed by atoms with van der Waals surface area (Å²) in [5, 5.41) is 12.4. The molecule has 2 rings (SSSR count). The average Bonchev–Trinajstić information content (AvgIpc) is 2.36. The summed E-state index contributed by atoms with van der Waals surface area (Å²) in [5.74, 6) is 0. The average molecular weight is 282 g/mol. The zero-order valence-electron chi connectivity index (χ0n) is 12.7. The van der Waals surface area contributed by atoms with Crippen molar-refractivity contribution >= 4 is 5.69 Å². The molecule has 2 N–H and O–H groups in total. The molecular formula is C16H18N4O. The van der Waals surface area contributed by atoms with Crippen molar-refractivity contribution in [2.75, 3.05) is 5.32 Å². The first kappa shape index (κ1) is 14.8. The molecule has 0 aliphatic rings. The van der Waals surface area contributed by atoms with E-state index in [4.69, 9.17) is 0 Å². The molecule has 0 aromatic carbocycles. The third kappa shape index (κ3) is 3.11. The van der Waals surface area contributed by atoms with Gasteiger partial charge in [0.1, 0.15) is 6.07 Å². The van der Waals surface area contributed by atoms with Crippen molar-refractivity contribution in [2.45, 2.75) is 34.2 Å². The van der Waals surface area contributed by atoms with E-state index in [-0.39, 0.29) is 5.56 Å². The van der Waals surface area contributed by atoms with E-state index in [9.17, 15) is 10.1 Å². The van der Waals surface area contributed by atoms with Crippen molar-refractivity contribution in [1.29, 1.82) is 5.26 Å². The van der Waals surface area contributed by atoms with Crippen LogP contribution >= 0.6 is 0 Å². The molecule has 21 heavy (non-hydrogen) atoms. The lowest BCUT2D eigenvalue weighted by Gasteiger charge is -2.12. The summed E-state index contributed by atoms with van der Waals surface area (Å²) in [4.78, 5) is 19.1. The second-order valence-corrected chi connectivity index (χ2v) is 5.18. The second kappa shape index (κ2) is 5.80. The number of aromatic nitrogens is 2. The lowest BCUT2D eigenvalue weighted by Crippen LogP contribution is -2.19. The molecule has 0 unspecified atom stereocenters. The summed E-state index contributed by atoms with van der Waals surface area (Å²) in [6, 6.07) is 5.91.